The predicted molar refractivity (Wildman–Crippen MR) is 143 cm³/mol. The molecule has 0 heterocycles. The summed E-state index contributed by atoms with van der Waals surface area (Å²) in [5.41, 5.74) is 3.00. The van der Waals surface area contributed by atoms with Crippen LogP contribution < -0.4 is 10.1 Å². The maximum Gasteiger partial charge on any atom is 0.261 e. The van der Waals surface area contributed by atoms with Crippen molar-refractivity contribution in [2.45, 2.75) is 64.1 Å². The maximum atomic E-state index is 13.7. The van der Waals surface area contributed by atoms with Crippen molar-refractivity contribution < 1.29 is 18.7 Å². The molecule has 1 N–H and O–H groups in total. The number of ether oxygens (including phenoxy) is 1. The van der Waals surface area contributed by atoms with E-state index < -0.39 is 6.04 Å². The van der Waals surface area contributed by atoms with Gasteiger partial charge in [0.2, 0.25) is 5.91 Å². The quantitative estimate of drug-likeness (QED) is 0.393. The zero-order valence-corrected chi connectivity index (χ0v) is 21.4. The maximum absolute atomic E-state index is 13.7. The lowest BCUT2D eigenvalue weighted by molar-refractivity contribution is -0.143. The molecular formula is C31H35FN2O3. The number of carbonyl (C=O) groups is 2. The Bertz CT molecular complexity index is 1160. The number of hydrogen-bond donors (Lipinski definition) is 1. The van der Waals surface area contributed by atoms with Crippen LogP contribution in [0.2, 0.25) is 0 Å². The summed E-state index contributed by atoms with van der Waals surface area (Å²) < 4.78 is 19.0. The molecule has 1 saturated carbocycles. The van der Waals surface area contributed by atoms with Crippen LogP contribution >= 0.6 is 0 Å². The third kappa shape index (κ3) is 7.91. The zero-order valence-electron chi connectivity index (χ0n) is 21.4. The first kappa shape index (κ1) is 26.4. The third-order valence-electron chi connectivity index (χ3n) is 6.83. The van der Waals surface area contributed by atoms with Gasteiger partial charge in [0.25, 0.3) is 5.91 Å². The van der Waals surface area contributed by atoms with Gasteiger partial charge in [-0.3, -0.25) is 9.59 Å². The molecule has 1 aliphatic carbocycles. The van der Waals surface area contributed by atoms with E-state index in [2.05, 4.69) is 5.32 Å². The Labute approximate surface area is 218 Å². The highest BCUT2D eigenvalue weighted by Crippen LogP contribution is 2.20. The van der Waals surface area contributed by atoms with Crippen LogP contribution in [0.5, 0.6) is 5.75 Å². The minimum absolute atomic E-state index is 0.130. The first-order valence-electron chi connectivity index (χ1n) is 13.1. The largest absolute Gasteiger partial charge is 0.484 e. The molecule has 1 fully saturated rings. The zero-order chi connectivity index (χ0) is 26.0. The number of aryl methyl sites for hydroxylation is 1. The van der Waals surface area contributed by atoms with Crippen molar-refractivity contribution in [3.63, 3.8) is 0 Å². The van der Waals surface area contributed by atoms with Crippen LogP contribution in [0.25, 0.3) is 0 Å². The van der Waals surface area contributed by atoms with E-state index >= 15 is 0 Å². The Kier molecular flexibility index (Phi) is 9.30. The molecule has 37 heavy (non-hydrogen) atoms. The van der Waals surface area contributed by atoms with E-state index in [1.165, 1.54) is 30.7 Å². The summed E-state index contributed by atoms with van der Waals surface area (Å²) in [5, 5.41) is 3.24. The number of nitrogens with zero attached hydrogens (tertiary/aromatic N) is 1. The minimum Gasteiger partial charge on any atom is -0.484 e. The Morgan fingerprint density at radius 2 is 1.65 bits per heavy atom. The van der Waals surface area contributed by atoms with Gasteiger partial charge in [-0.2, -0.15) is 0 Å². The highest BCUT2D eigenvalue weighted by atomic mass is 19.1. The van der Waals surface area contributed by atoms with Gasteiger partial charge in [-0.05, 0) is 55.2 Å². The second-order valence-electron chi connectivity index (χ2n) is 9.80. The summed E-state index contributed by atoms with van der Waals surface area (Å²) in [4.78, 5) is 29.0. The molecule has 3 aromatic carbocycles. The summed E-state index contributed by atoms with van der Waals surface area (Å²) in [7, 11) is 0. The predicted octanol–water partition coefficient (Wildman–Crippen LogP) is 5.60. The van der Waals surface area contributed by atoms with Gasteiger partial charge in [-0.15, -0.1) is 0 Å². The van der Waals surface area contributed by atoms with Gasteiger partial charge in [0.1, 0.15) is 17.6 Å². The fourth-order valence-electron chi connectivity index (χ4n) is 4.86. The van der Waals surface area contributed by atoms with E-state index in [0.29, 0.717) is 12.2 Å². The van der Waals surface area contributed by atoms with Gasteiger partial charge in [0.15, 0.2) is 6.61 Å². The second kappa shape index (κ2) is 13.0. The van der Waals surface area contributed by atoms with Crippen LogP contribution in [0.1, 0.15) is 48.8 Å². The highest BCUT2D eigenvalue weighted by Gasteiger charge is 2.32. The molecule has 6 heteroatoms. The number of carbonyl (C=O) groups excluding carboxylic acids is 2. The topological polar surface area (TPSA) is 58.6 Å². The van der Waals surface area contributed by atoms with E-state index in [4.69, 9.17) is 4.74 Å². The Morgan fingerprint density at radius 3 is 2.35 bits per heavy atom. The summed E-state index contributed by atoms with van der Waals surface area (Å²) in [6, 6.07) is 22.7. The Hall–Kier alpha value is -3.67. The molecule has 1 unspecified atom stereocenters. The third-order valence-corrected chi connectivity index (χ3v) is 6.83. The molecule has 1 aliphatic rings. The van der Waals surface area contributed by atoms with Crippen molar-refractivity contribution in [1.82, 2.24) is 10.2 Å². The van der Waals surface area contributed by atoms with E-state index in [1.54, 1.807) is 4.90 Å². The molecular weight excluding hydrogens is 467 g/mol. The fraction of sp³-hybridized carbons (Fsp3) is 0.355. The number of nitrogens with one attached hydrogen (secondary N) is 1. The molecule has 3 aromatic rings. The number of hydrogen-bond acceptors (Lipinski definition) is 3. The van der Waals surface area contributed by atoms with Crippen molar-refractivity contribution in [3.05, 3.63) is 101 Å². The summed E-state index contributed by atoms with van der Waals surface area (Å²) in [6.07, 6.45) is 5.72. The van der Waals surface area contributed by atoms with Crippen LogP contribution in [0.3, 0.4) is 0 Å². The van der Waals surface area contributed by atoms with Crippen molar-refractivity contribution in [1.29, 1.82) is 0 Å². The van der Waals surface area contributed by atoms with Crippen LogP contribution in [0, 0.1) is 12.7 Å². The number of amides is 2. The SMILES string of the molecule is Cc1cccc(CN(C(=O)COc2ccc(F)cc2)C(Cc2ccccc2)C(=O)NC2CCCCC2)c1. The Morgan fingerprint density at radius 1 is 0.946 bits per heavy atom. The lowest BCUT2D eigenvalue weighted by Gasteiger charge is -2.33. The average Bonchev–Trinajstić information content (AvgIpc) is 2.91. The van der Waals surface area contributed by atoms with Crippen molar-refractivity contribution >= 4 is 11.8 Å². The smallest absolute Gasteiger partial charge is 0.261 e. The van der Waals surface area contributed by atoms with E-state index in [1.807, 2.05) is 61.5 Å². The van der Waals surface area contributed by atoms with Gasteiger partial charge >= 0.3 is 0 Å². The highest BCUT2D eigenvalue weighted by molar-refractivity contribution is 5.88. The molecule has 0 spiro atoms. The van der Waals surface area contributed by atoms with Gasteiger partial charge in [0, 0.05) is 19.0 Å². The standard InChI is InChI=1S/C31H35FN2O3/c1-23-9-8-12-25(19-23)21-34(30(35)22-37-28-17-15-26(32)16-18-28)29(20-24-10-4-2-5-11-24)31(36)33-27-13-6-3-7-14-27/h2,4-5,8-12,15-19,27,29H,3,6-7,13-14,20-22H2,1H3,(H,33,36). The number of benzene rings is 3. The van der Waals surface area contributed by atoms with Gasteiger partial charge in [-0.25, -0.2) is 4.39 Å². The normalized spacial score (nSPS) is 14.5. The molecule has 1 atom stereocenters. The molecule has 2 amide bonds. The second-order valence-corrected chi connectivity index (χ2v) is 9.80. The Balaban J connectivity index is 1.60. The number of rotatable bonds is 10. The van der Waals surface area contributed by atoms with Gasteiger partial charge in [0.05, 0.1) is 0 Å². The fourth-order valence-corrected chi connectivity index (χ4v) is 4.86. The van der Waals surface area contributed by atoms with Crippen molar-refractivity contribution in [2.75, 3.05) is 6.61 Å². The summed E-state index contributed by atoms with van der Waals surface area (Å²) in [5.74, 6) is -0.414. The minimum atomic E-state index is -0.700. The van der Waals surface area contributed by atoms with Crippen LogP contribution in [-0.2, 0) is 22.6 Å². The van der Waals surface area contributed by atoms with E-state index in [9.17, 15) is 14.0 Å². The monoisotopic (exact) mass is 502 g/mol. The van der Waals surface area contributed by atoms with Crippen molar-refractivity contribution in [2.24, 2.45) is 0 Å². The number of halogens is 1. The van der Waals surface area contributed by atoms with Gasteiger partial charge < -0.3 is 15.0 Å². The van der Waals surface area contributed by atoms with E-state index in [0.717, 1.165) is 42.4 Å². The van der Waals surface area contributed by atoms with Gasteiger partial charge in [-0.1, -0.05) is 79.4 Å². The summed E-state index contributed by atoms with van der Waals surface area (Å²) in [6.45, 7) is 2.03. The van der Waals surface area contributed by atoms with Crippen LogP contribution in [0.15, 0.2) is 78.9 Å². The lowest BCUT2D eigenvalue weighted by atomic mass is 9.94. The molecule has 0 radical (unpaired) electrons. The molecule has 194 valence electrons. The molecule has 0 bridgehead atoms. The summed E-state index contributed by atoms with van der Waals surface area (Å²) >= 11 is 0. The van der Waals surface area contributed by atoms with Crippen molar-refractivity contribution in [3.8, 4) is 5.75 Å². The van der Waals surface area contributed by atoms with Crippen LogP contribution in [-0.4, -0.2) is 35.4 Å². The first-order valence-corrected chi connectivity index (χ1v) is 13.1. The molecule has 0 aromatic heterocycles. The van der Waals surface area contributed by atoms with Crippen LogP contribution in [0.4, 0.5) is 4.39 Å². The lowest BCUT2D eigenvalue weighted by Crippen LogP contribution is -2.53. The molecule has 0 saturated heterocycles. The molecule has 0 aliphatic heterocycles. The molecule has 5 nitrogen and oxygen atoms in total. The molecule has 4 rings (SSSR count). The average molecular weight is 503 g/mol. The van der Waals surface area contributed by atoms with E-state index in [-0.39, 0.29) is 36.8 Å². The first-order chi connectivity index (χ1) is 18.0.